The molecular weight excluding hydrogens is 348 g/mol. The molecule has 5 fully saturated rings. The molecular formula is C24H32N2O2. The van der Waals surface area contributed by atoms with E-state index in [9.17, 15) is 9.59 Å². The van der Waals surface area contributed by atoms with Gasteiger partial charge in [-0.2, -0.15) is 0 Å². The fourth-order valence-corrected chi connectivity index (χ4v) is 6.97. The molecule has 1 aromatic rings. The first-order valence-corrected chi connectivity index (χ1v) is 11.2. The lowest BCUT2D eigenvalue weighted by Gasteiger charge is -2.57. The third kappa shape index (κ3) is 3.25. The molecule has 0 radical (unpaired) electrons. The number of nitrogens with zero attached hydrogens (tertiary/aromatic N) is 1. The predicted octanol–water partition coefficient (Wildman–Crippen LogP) is 3.93. The molecule has 4 aliphatic carbocycles. The first-order valence-electron chi connectivity index (χ1n) is 11.2. The summed E-state index contributed by atoms with van der Waals surface area (Å²) in [6, 6.07) is 8.16. The molecule has 1 atom stereocenters. The fourth-order valence-electron chi connectivity index (χ4n) is 6.97. The van der Waals surface area contributed by atoms with Crippen molar-refractivity contribution in [3.63, 3.8) is 0 Å². The number of hydrogen-bond donors (Lipinski definition) is 1. The Morgan fingerprint density at radius 2 is 1.68 bits per heavy atom. The van der Waals surface area contributed by atoms with Gasteiger partial charge in [-0.15, -0.1) is 0 Å². The van der Waals surface area contributed by atoms with Crippen LogP contribution >= 0.6 is 0 Å². The molecule has 0 aromatic heterocycles. The van der Waals surface area contributed by atoms with Crippen LogP contribution in [0.1, 0.15) is 57.4 Å². The molecule has 1 N–H and O–H groups in total. The third-order valence-electron chi connectivity index (χ3n) is 7.95. The van der Waals surface area contributed by atoms with Crippen LogP contribution in [0.15, 0.2) is 24.3 Å². The lowest BCUT2D eigenvalue weighted by molar-refractivity contribution is -0.128. The minimum absolute atomic E-state index is 0.0687. The molecule has 4 nitrogen and oxygen atoms in total. The van der Waals surface area contributed by atoms with Gasteiger partial charge in [-0.25, -0.2) is 0 Å². The van der Waals surface area contributed by atoms with Gasteiger partial charge in [0.2, 0.25) is 11.8 Å². The lowest BCUT2D eigenvalue weighted by atomic mass is 9.49. The molecule has 2 amide bonds. The maximum atomic E-state index is 12.9. The van der Waals surface area contributed by atoms with Gasteiger partial charge < -0.3 is 10.2 Å². The molecule has 4 saturated carbocycles. The molecule has 1 aliphatic heterocycles. The topological polar surface area (TPSA) is 49.4 Å². The van der Waals surface area contributed by atoms with Crippen molar-refractivity contribution in [1.82, 2.24) is 5.32 Å². The predicted molar refractivity (Wildman–Crippen MR) is 110 cm³/mol. The number of carbonyl (C=O) groups excluding carboxylic acids is 2. The van der Waals surface area contributed by atoms with E-state index in [1.807, 2.05) is 12.1 Å². The number of amides is 2. The normalized spacial score (nSPS) is 36.2. The zero-order valence-electron chi connectivity index (χ0n) is 17.0. The number of hydrogen-bond acceptors (Lipinski definition) is 2. The van der Waals surface area contributed by atoms with E-state index in [1.54, 1.807) is 4.90 Å². The van der Waals surface area contributed by atoms with Crippen LogP contribution in [-0.2, 0) is 16.0 Å². The van der Waals surface area contributed by atoms with Gasteiger partial charge in [-0.3, -0.25) is 9.59 Å². The standard InChI is InChI=1S/C24H32N2O2/c1-2-16-3-5-21(6-4-16)26-14-20(10-22(26)27)23(28)25-15-24-11-17-7-18(12-24)9-19(8-17)13-24/h3-6,17-20H,2,7-15H2,1H3,(H,25,28)/t17?,18?,19?,20-,24?/m0/s1. The maximum Gasteiger partial charge on any atom is 0.227 e. The zero-order chi connectivity index (χ0) is 19.3. The SMILES string of the molecule is CCc1ccc(N2C[C@@H](C(=O)NCC34CC5CC(CC(C5)C3)C4)CC2=O)cc1. The van der Waals surface area contributed by atoms with Crippen molar-refractivity contribution in [2.24, 2.45) is 29.1 Å². The first-order chi connectivity index (χ1) is 13.5. The molecule has 4 heteroatoms. The molecule has 5 aliphatic rings. The molecule has 0 unspecified atom stereocenters. The van der Waals surface area contributed by atoms with E-state index >= 15 is 0 Å². The summed E-state index contributed by atoms with van der Waals surface area (Å²) in [5, 5.41) is 3.27. The van der Waals surface area contributed by atoms with Crippen LogP contribution in [0, 0.1) is 29.1 Å². The molecule has 0 spiro atoms. The number of aryl methyl sites for hydroxylation is 1. The van der Waals surface area contributed by atoms with Gasteiger partial charge >= 0.3 is 0 Å². The molecule has 150 valence electrons. The highest BCUT2D eigenvalue weighted by Crippen LogP contribution is 2.59. The van der Waals surface area contributed by atoms with Crippen molar-refractivity contribution < 1.29 is 9.59 Å². The van der Waals surface area contributed by atoms with E-state index in [-0.39, 0.29) is 17.7 Å². The molecule has 1 saturated heterocycles. The second-order valence-electron chi connectivity index (χ2n) is 10.1. The van der Waals surface area contributed by atoms with Gasteiger partial charge in [0, 0.05) is 25.2 Å². The van der Waals surface area contributed by atoms with E-state index < -0.39 is 0 Å². The fraction of sp³-hybridized carbons (Fsp3) is 0.667. The maximum absolute atomic E-state index is 12.9. The van der Waals surface area contributed by atoms with Crippen LogP contribution in [0.4, 0.5) is 5.69 Å². The summed E-state index contributed by atoms with van der Waals surface area (Å²) in [5.74, 6) is 2.64. The second kappa shape index (κ2) is 6.89. The smallest absolute Gasteiger partial charge is 0.227 e. The Morgan fingerprint density at radius 1 is 1.07 bits per heavy atom. The van der Waals surface area contributed by atoms with Crippen molar-refractivity contribution in [2.45, 2.75) is 58.3 Å². The van der Waals surface area contributed by atoms with Gasteiger partial charge in [0.1, 0.15) is 0 Å². The number of anilines is 1. The van der Waals surface area contributed by atoms with Crippen molar-refractivity contribution in [3.8, 4) is 0 Å². The van der Waals surface area contributed by atoms with Crippen molar-refractivity contribution in [2.75, 3.05) is 18.0 Å². The average molecular weight is 381 g/mol. The Hall–Kier alpha value is -1.84. The quantitative estimate of drug-likeness (QED) is 0.841. The Kier molecular flexibility index (Phi) is 4.48. The summed E-state index contributed by atoms with van der Waals surface area (Å²) < 4.78 is 0. The highest BCUT2D eigenvalue weighted by molar-refractivity contribution is 6.00. The van der Waals surface area contributed by atoms with Gasteiger partial charge in [0.25, 0.3) is 0 Å². The Labute approximate surface area is 168 Å². The van der Waals surface area contributed by atoms with Crippen LogP contribution in [0.5, 0.6) is 0 Å². The van der Waals surface area contributed by atoms with Crippen LogP contribution in [-0.4, -0.2) is 24.9 Å². The third-order valence-corrected chi connectivity index (χ3v) is 7.95. The second-order valence-corrected chi connectivity index (χ2v) is 10.1. The molecule has 28 heavy (non-hydrogen) atoms. The summed E-state index contributed by atoms with van der Waals surface area (Å²) in [4.78, 5) is 27.2. The number of rotatable bonds is 5. The summed E-state index contributed by atoms with van der Waals surface area (Å²) in [6.45, 7) is 3.46. The zero-order valence-corrected chi connectivity index (χ0v) is 17.0. The molecule has 6 rings (SSSR count). The number of benzene rings is 1. The van der Waals surface area contributed by atoms with Crippen molar-refractivity contribution >= 4 is 17.5 Å². The highest BCUT2D eigenvalue weighted by atomic mass is 16.2. The highest BCUT2D eigenvalue weighted by Gasteiger charge is 2.51. The van der Waals surface area contributed by atoms with Crippen LogP contribution in [0.3, 0.4) is 0 Å². The van der Waals surface area contributed by atoms with E-state index in [4.69, 9.17) is 0 Å². The van der Waals surface area contributed by atoms with Gasteiger partial charge in [-0.05, 0) is 85.8 Å². The van der Waals surface area contributed by atoms with Crippen LogP contribution < -0.4 is 10.2 Å². The van der Waals surface area contributed by atoms with E-state index in [1.165, 1.54) is 44.1 Å². The number of carbonyl (C=O) groups is 2. The molecule has 4 bridgehead atoms. The Morgan fingerprint density at radius 3 is 2.25 bits per heavy atom. The van der Waals surface area contributed by atoms with E-state index in [0.717, 1.165) is 36.4 Å². The van der Waals surface area contributed by atoms with Crippen LogP contribution in [0.2, 0.25) is 0 Å². The lowest BCUT2D eigenvalue weighted by Crippen LogP contribution is -2.51. The van der Waals surface area contributed by atoms with Gasteiger partial charge in [0.05, 0.1) is 5.92 Å². The van der Waals surface area contributed by atoms with Crippen molar-refractivity contribution in [1.29, 1.82) is 0 Å². The van der Waals surface area contributed by atoms with Gasteiger partial charge in [-0.1, -0.05) is 19.1 Å². The summed E-state index contributed by atoms with van der Waals surface area (Å²) >= 11 is 0. The van der Waals surface area contributed by atoms with Crippen LogP contribution in [0.25, 0.3) is 0 Å². The monoisotopic (exact) mass is 380 g/mol. The first kappa shape index (κ1) is 18.2. The Bertz CT molecular complexity index is 734. The van der Waals surface area contributed by atoms with E-state index in [0.29, 0.717) is 18.4 Å². The minimum atomic E-state index is -0.215. The van der Waals surface area contributed by atoms with Crippen molar-refractivity contribution in [3.05, 3.63) is 29.8 Å². The summed E-state index contributed by atoms with van der Waals surface area (Å²) in [5.41, 5.74) is 2.53. The number of nitrogens with one attached hydrogen (secondary N) is 1. The largest absolute Gasteiger partial charge is 0.355 e. The van der Waals surface area contributed by atoms with Gasteiger partial charge in [0.15, 0.2) is 0 Å². The average Bonchev–Trinajstić information content (AvgIpc) is 3.07. The summed E-state index contributed by atoms with van der Waals surface area (Å²) in [6.07, 6.45) is 9.52. The van der Waals surface area contributed by atoms with E-state index in [2.05, 4.69) is 24.4 Å². The molecule has 1 aromatic carbocycles. The minimum Gasteiger partial charge on any atom is -0.355 e. The summed E-state index contributed by atoms with van der Waals surface area (Å²) in [7, 11) is 0. The Balaban J connectivity index is 1.20. The molecule has 1 heterocycles.